The number of aromatic nitrogens is 1. The molecule has 1 heterocycles. The molecule has 18 heavy (non-hydrogen) atoms. The highest BCUT2D eigenvalue weighted by Gasteiger charge is 2.01. The van der Waals surface area contributed by atoms with Gasteiger partial charge in [-0.2, -0.15) is 0 Å². The largest absolute Gasteiger partial charge is 0.248 e. The van der Waals surface area contributed by atoms with Gasteiger partial charge < -0.3 is 0 Å². The van der Waals surface area contributed by atoms with Gasteiger partial charge in [-0.25, -0.2) is 4.98 Å². The average Bonchev–Trinajstić information content (AvgIpc) is 2.38. The first-order valence-electron chi connectivity index (χ1n) is 6.17. The van der Waals surface area contributed by atoms with Crippen molar-refractivity contribution < 1.29 is 0 Å². The maximum atomic E-state index is 4.75. The fourth-order valence-electron chi connectivity index (χ4n) is 2.19. The molecular formula is C17H15N. The second-order valence-electron chi connectivity index (χ2n) is 4.76. The van der Waals surface area contributed by atoms with Crippen LogP contribution in [0.4, 0.5) is 0 Å². The van der Waals surface area contributed by atoms with Crippen molar-refractivity contribution in [2.24, 2.45) is 0 Å². The first kappa shape index (κ1) is 11.0. The van der Waals surface area contributed by atoms with E-state index in [4.69, 9.17) is 4.98 Å². The van der Waals surface area contributed by atoms with Crippen molar-refractivity contribution >= 4 is 10.9 Å². The van der Waals surface area contributed by atoms with Gasteiger partial charge in [0, 0.05) is 10.9 Å². The van der Waals surface area contributed by atoms with Crippen LogP contribution in [0.25, 0.3) is 22.2 Å². The molecule has 88 valence electrons. The van der Waals surface area contributed by atoms with Crippen LogP contribution in [0.15, 0.2) is 54.6 Å². The van der Waals surface area contributed by atoms with Crippen LogP contribution in [0.1, 0.15) is 11.1 Å². The van der Waals surface area contributed by atoms with E-state index in [9.17, 15) is 0 Å². The SMILES string of the molecule is Cc1cccc(-c2ccc3ccc(C)cc3n2)c1. The van der Waals surface area contributed by atoms with Crippen LogP contribution in [0.2, 0.25) is 0 Å². The third-order valence-electron chi connectivity index (χ3n) is 3.16. The molecule has 0 saturated carbocycles. The summed E-state index contributed by atoms with van der Waals surface area (Å²) in [5.41, 5.74) is 5.79. The predicted octanol–water partition coefficient (Wildman–Crippen LogP) is 4.52. The molecule has 0 aliphatic carbocycles. The van der Waals surface area contributed by atoms with Crippen molar-refractivity contribution in [2.75, 3.05) is 0 Å². The Kier molecular flexibility index (Phi) is 2.60. The number of hydrogen-bond acceptors (Lipinski definition) is 1. The summed E-state index contributed by atoms with van der Waals surface area (Å²) in [5, 5.41) is 1.19. The molecule has 0 atom stereocenters. The first-order chi connectivity index (χ1) is 8.72. The maximum absolute atomic E-state index is 4.75. The summed E-state index contributed by atoms with van der Waals surface area (Å²) in [6.07, 6.45) is 0. The fourth-order valence-corrected chi connectivity index (χ4v) is 2.19. The summed E-state index contributed by atoms with van der Waals surface area (Å²) in [6.45, 7) is 4.20. The smallest absolute Gasteiger partial charge is 0.0712 e. The molecule has 0 spiro atoms. The van der Waals surface area contributed by atoms with E-state index in [1.807, 2.05) is 0 Å². The Morgan fingerprint density at radius 1 is 0.778 bits per heavy atom. The molecule has 2 aromatic carbocycles. The zero-order chi connectivity index (χ0) is 12.5. The van der Waals surface area contributed by atoms with Crippen LogP contribution >= 0.6 is 0 Å². The van der Waals surface area contributed by atoms with Gasteiger partial charge in [-0.15, -0.1) is 0 Å². The Morgan fingerprint density at radius 3 is 2.39 bits per heavy atom. The lowest BCUT2D eigenvalue weighted by atomic mass is 10.1. The van der Waals surface area contributed by atoms with E-state index in [2.05, 4.69) is 68.4 Å². The summed E-state index contributed by atoms with van der Waals surface area (Å²) < 4.78 is 0. The second kappa shape index (κ2) is 4.26. The molecule has 1 nitrogen and oxygen atoms in total. The standard InChI is InChI=1S/C17H15N/c1-12-4-3-5-15(10-12)16-9-8-14-7-6-13(2)11-17(14)18-16/h3-11H,1-2H3. The highest BCUT2D eigenvalue weighted by atomic mass is 14.7. The molecule has 1 aromatic heterocycles. The summed E-state index contributed by atoms with van der Waals surface area (Å²) in [5.74, 6) is 0. The number of pyridine rings is 1. The van der Waals surface area contributed by atoms with Gasteiger partial charge in [0.2, 0.25) is 0 Å². The normalized spacial score (nSPS) is 10.8. The van der Waals surface area contributed by atoms with Crippen LogP contribution in [-0.4, -0.2) is 4.98 Å². The molecule has 1 heteroatoms. The van der Waals surface area contributed by atoms with E-state index in [1.54, 1.807) is 0 Å². The minimum Gasteiger partial charge on any atom is -0.248 e. The van der Waals surface area contributed by atoms with Gasteiger partial charge in [-0.3, -0.25) is 0 Å². The van der Waals surface area contributed by atoms with E-state index < -0.39 is 0 Å². The molecular weight excluding hydrogens is 218 g/mol. The van der Waals surface area contributed by atoms with Gasteiger partial charge in [0.15, 0.2) is 0 Å². The van der Waals surface area contributed by atoms with Crippen LogP contribution in [0.5, 0.6) is 0 Å². The molecule has 0 amide bonds. The predicted molar refractivity (Wildman–Crippen MR) is 76.7 cm³/mol. The van der Waals surface area contributed by atoms with Gasteiger partial charge in [0.05, 0.1) is 11.2 Å². The molecule has 0 fully saturated rings. The van der Waals surface area contributed by atoms with E-state index in [0.717, 1.165) is 11.2 Å². The van der Waals surface area contributed by atoms with Crippen LogP contribution < -0.4 is 0 Å². The van der Waals surface area contributed by atoms with Crippen LogP contribution in [0, 0.1) is 13.8 Å². The Morgan fingerprint density at radius 2 is 1.56 bits per heavy atom. The zero-order valence-corrected chi connectivity index (χ0v) is 10.6. The molecule has 0 unspecified atom stereocenters. The molecule has 0 radical (unpaired) electrons. The maximum Gasteiger partial charge on any atom is 0.0712 e. The number of rotatable bonds is 1. The van der Waals surface area contributed by atoms with Gasteiger partial charge >= 0.3 is 0 Å². The lowest BCUT2D eigenvalue weighted by Crippen LogP contribution is -1.86. The summed E-state index contributed by atoms with van der Waals surface area (Å²) in [4.78, 5) is 4.75. The molecule has 0 aliphatic heterocycles. The third kappa shape index (κ3) is 2.00. The molecule has 0 N–H and O–H groups in total. The van der Waals surface area contributed by atoms with Gasteiger partial charge in [-0.05, 0) is 37.6 Å². The van der Waals surface area contributed by atoms with Gasteiger partial charge in [-0.1, -0.05) is 42.0 Å². The van der Waals surface area contributed by atoms with Crippen molar-refractivity contribution in [3.63, 3.8) is 0 Å². The van der Waals surface area contributed by atoms with Crippen molar-refractivity contribution in [1.29, 1.82) is 0 Å². The molecule has 0 bridgehead atoms. The zero-order valence-electron chi connectivity index (χ0n) is 10.6. The van der Waals surface area contributed by atoms with Crippen molar-refractivity contribution in [3.05, 3.63) is 65.7 Å². The minimum atomic E-state index is 1.04. The third-order valence-corrected chi connectivity index (χ3v) is 3.16. The van der Waals surface area contributed by atoms with Crippen LogP contribution in [-0.2, 0) is 0 Å². The Hall–Kier alpha value is -2.15. The number of aryl methyl sites for hydroxylation is 2. The van der Waals surface area contributed by atoms with Crippen molar-refractivity contribution in [1.82, 2.24) is 4.98 Å². The van der Waals surface area contributed by atoms with E-state index in [0.29, 0.717) is 0 Å². The summed E-state index contributed by atoms with van der Waals surface area (Å²) in [6, 6.07) is 19.1. The number of hydrogen-bond donors (Lipinski definition) is 0. The fraction of sp³-hybridized carbons (Fsp3) is 0.118. The Labute approximate surface area is 107 Å². The van der Waals surface area contributed by atoms with Crippen molar-refractivity contribution in [3.8, 4) is 11.3 Å². The minimum absolute atomic E-state index is 1.04. The van der Waals surface area contributed by atoms with Gasteiger partial charge in [0.25, 0.3) is 0 Å². The Balaban J connectivity index is 2.18. The van der Waals surface area contributed by atoms with Gasteiger partial charge in [0.1, 0.15) is 0 Å². The second-order valence-corrected chi connectivity index (χ2v) is 4.76. The Bertz CT molecular complexity index is 714. The number of nitrogens with zero attached hydrogens (tertiary/aromatic N) is 1. The van der Waals surface area contributed by atoms with Crippen molar-refractivity contribution in [2.45, 2.75) is 13.8 Å². The van der Waals surface area contributed by atoms with Crippen LogP contribution in [0.3, 0.4) is 0 Å². The van der Waals surface area contributed by atoms with E-state index in [-0.39, 0.29) is 0 Å². The molecule has 0 saturated heterocycles. The monoisotopic (exact) mass is 233 g/mol. The first-order valence-corrected chi connectivity index (χ1v) is 6.17. The quantitative estimate of drug-likeness (QED) is 0.602. The average molecular weight is 233 g/mol. The lowest BCUT2D eigenvalue weighted by molar-refractivity contribution is 1.37. The number of benzene rings is 2. The number of fused-ring (bicyclic) bond motifs is 1. The molecule has 3 aromatic rings. The molecule has 0 aliphatic rings. The lowest BCUT2D eigenvalue weighted by Gasteiger charge is -2.05. The summed E-state index contributed by atoms with van der Waals surface area (Å²) >= 11 is 0. The summed E-state index contributed by atoms with van der Waals surface area (Å²) in [7, 11) is 0. The highest BCUT2D eigenvalue weighted by Crippen LogP contribution is 2.22. The topological polar surface area (TPSA) is 12.9 Å². The van der Waals surface area contributed by atoms with E-state index >= 15 is 0 Å². The highest BCUT2D eigenvalue weighted by molar-refractivity contribution is 5.82. The van der Waals surface area contributed by atoms with E-state index in [1.165, 1.54) is 22.1 Å². The molecule has 3 rings (SSSR count).